The van der Waals surface area contributed by atoms with E-state index in [-0.39, 0.29) is 5.91 Å². The predicted molar refractivity (Wildman–Crippen MR) is 74.4 cm³/mol. The van der Waals surface area contributed by atoms with Gasteiger partial charge < -0.3 is 9.88 Å². The van der Waals surface area contributed by atoms with Gasteiger partial charge in [-0.05, 0) is 29.8 Å². The van der Waals surface area contributed by atoms with Crippen LogP contribution in [0, 0.1) is 0 Å². The molecule has 0 spiro atoms. The summed E-state index contributed by atoms with van der Waals surface area (Å²) in [5.74, 6) is 0.0175. The van der Waals surface area contributed by atoms with Crippen LogP contribution in [0.2, 0.25) is 0 Å². The van der Waals surface area contributed by atoms with Gasteiger partial charge >= 0.3 is 0 Å². The minimum absolute atomic E-state index is 0.0175. The van der Waals surface area contributed by atoms with Crippen LogP contribution in [0.15, 0.2) is 54.7 Å². The fraction of sp³-hybridized carbons (Fsp3) is 0.0625. The van der Waals surface area contributed by atoms with E-state index in [2.05, 4.69) is 34.3 Å². The molecule has 0 atom stereocenters. The van der Waals surface area contributed by atoms with Crippen molar-refractivity contribution in [1.29, 1.82) is 0 Å². The maximum atomic E-state index is 11.9. The first-order valence-corrected chi connectivity index (χ1v) is 6.31. The molecule has 1 aliphatic rings. The van der Waals surface area contributed by atoms with Crippen LogP contribution in [0.5, 0.6) is 0 Å². The average molecular weight is 248 g/mol. The van der Waals surface area contributed by atoms with E-state index in [4.69, 9.17) is 0 Å². The van der Waals surface area contributed by atoms with Crippen molar-refractivity contribution in [3.8, 4) is 5.69 Å². The molecule has 1 N–H and O–H groups in total. The molecule has 1 amide bonds. The molecule has 19 heavy (non-hydrogen) atoms. The van der Waals surface area contributed by atoms with Crippen LogP contribution in [0.3, 0.4) is 0 Å². The highest BCUT2D eigenvalue weighted by molar-refractivity contribution is 6.09. The lowest BCUT2D eigenvalue weighted by molar-refractivity contribution is 0.0949. The first kappa shape index (κ1) is 10.4. The van der Waals surface area contributed by atoms with Crippen LogP contribution in [-0.4, -0.2) is 10.5 Å². The number of nitrogens with zero attached hydrogens (tertiary/aromatic N) is 1. The highest BCUT2D eigenvalue weighted by atomic mass is 16.1. The van der Waals surface area contributed by atoms with Crippen molar-refractivity contribution in [2.75, 3.05) is 0 Å². The van der Waals surface area contributed by atoms with E-state index >= 15 is 0 Å². The highest BCUT2D eigenvalue weighted by Crippen LogP contribution is 2.30. The van der Waals surface area contributed by atoms with Crippen LogP contribution in [0.25, 0.3) is 16.6 Å². The lowest BCUT2D eigenvalue weighted by atomic mass is 10.0. The summed E-state index contributed by atoms with van der Waals surface area (Å²) in [4.78, 5) is 11.9. The standard InChI is InChI=1S/C16H12N2O/c19-16-13-7-4-8-14-15(13)11(9-17-16)10-18(14)12-5-2-1-3-6-12/h1-8,10H,9H2,(H,17,19). The molecule has 0 radical (unpaired) electrons. The van der Waals surface area contributed by atoms with Crippen LogP contribution >= 0.6 is 0 Å². The summed E-state index contributed by atoms with van der Waals surface area (Å²) in [6, 6.07) is 16.1. The molecule has 92 valence electrons. The van der Waals surface area contributed by atoms with E-state index in [1.54, 1.807) is 0 Å². The monoisotopic (exact) mass is 248 g/mol. The van der Waals surface area contributed by atoms with Crippen molar-refractivity contribution in [3.63, 3.8) is 0 Å². The number of nitrogens with one attached hydrogen (secondary N) is 1. The zero-order valence-corrected chi connectivity index (χ0v) is 10.3. The van der Waals surface area contributed by atoms with Crippen molar-refractivity contribution >= 4 is 16.8 Å². The van der Waals surface area contributed by atoms with Gasteiger partial charge in [-0.3, -0.25) is 4.79 Å². The molecule has 0 bridgehead atoms. The Morgan fingerprint density at radius 1 is 1.00 bits per heavy atom. The molecule has 4 rings (SSSR count). The number of hydrogen-bond donors (Lipinski definition) is 1. The maximum Gasteiger partial charge on any atom is 0.252 e. The lowest BCUT2D eigenvalue weighted by Gasteiger charge is -2.12. The summed E-state index contributed by atoms with van der Waals surface area (Å²) in [5, 5.41) is 3.99. The number of aromatic nitrogens is 1. The third-order valence-electron chi connectivity index (χ3n) is 3.63. The van der Waals surface area contributed by atoms with Crippen LogP contribution in [0.1, 0.15) is 15.9 Å². The Labute approximate surface area is 110 Å². The second-order valence-electron chi connectivity index (χ2n) is 4.74. The zero-order chi connectivity index (χ0) is 12.8. The molecule has 0 saturated carbocycles. The summed E-state index contributed by atoms with van der Waals surface area (Å²) >= 11 is 0. The largest absolute Gasteiger partial charge is 0.348 e. The Balaban J connectivity index is 2.08. The first-order chi connectivity index (χ1) is 9.34. The first-order valence-electron chi connectivity index (χ1n) is 6.31. The van der Waals surface area contributed by atoms with Gasteiger partial charge in [-0.1, -0.05) is 24.3 Å². The summed E-state index contributed by atoms with van der Waals surface area (Å²) < 4.78 is 2.15. The van der Waals surface area contributed by atoms with Gasteiger partial charge in [-0.25, -0.2) is 0 Å². The highest BCUT2D eigenvalue weighted by Gasteiger charge is 2.21. The van der Waals surface area contributed by atoms with E-state index in [9.17, 15) is 4.79 Å². The molecule has 0 aliphatic carbocycles. The van der Waals surface area contributed by atoms with Gasteiger partial charge in [0.05, 0.1) is 5.52 Å². The number of benzene rings is 2. The Morgan fingerprint density at radius 3 is 2.68 bits per heavy atom. The predicted octanol–water partition coefficient (Wildman–Crippen LogP) is 2.87. The van der Waals surface area contributed by atoms with Crippen molar-refractivity contribution in [2.24, 2.45) is 0 Å². The molecule has 0 unspecified atom stereocenters. The van der Waals surface area contributed by atoms with Crippen molar-refractivity contribution in [3.05, 3.63) is 65.9 Å². The number of hydrogen-bond acceptors (Lipinski definition) is 1. The second kappa shape index (κ2) is 3.72. The Morgan fingerprint density at radius 2 is 1.84 bits per heavy atom. The van der Waals surface area contributed by atoms with Gasteiger partial charge in [0, 0.05) is 29.4 Å². The lowest BCUT2D eigenvalue weighted by Crippen LogP contribution is -2.26. The Kier molecular flexibility index (Phi) is 2.03. The van der Waals surface area contributed by atoms with Gasteiger partial charge in [0.25, 0.3) is 5.91 Å². The Hall–Kier alpha value is -2.55. The van der Waals surface area contributed by atoms with E-state index in [1.165, 1.54) is 5.56 Å². The number of para-hydroxylation sites is 1. The van der Waals surface area contributed by atoms with E-state index < -0.39 is 0 Å². The molecular formula is C16H12N2O. The number of carbonyl (C=O) groups is 1. The quantitative estimate of drug-likeness (QED) is 0.706. The molecule has 1 aliphatic heterocycles. The third kappa shape index (κ3) is 1.41. The van der Waals surface area contributed by atoms with Gasteiger partial charge in [-0.2, -0.15) is 0 Å². The fourth-order valence-electron chi connectivity index (χ4n) is 2.76. The number of rotatable bonds is 1. The van der Waals surface area contributed by atoms with Gasteiger partial charge in [-0.15, -0.1) is 0 Å². The van der Waals surface area contributed by atoms with Crippen LogP contribution in [-0.2, 0) is 6.54 Å². The van der Waals surface area contributed by atoms with Crippen LogP contribution in [0.4, 0.5) is 0 Å². The van der Waals surface area contributed by atoms with E-state index in [0.29, 0.717) is 6.54 Å². The van der Waals surface area contributed by atoms with Crippen LogP contribution < -0.4 is 5.32 Å². The summed E-state index contributed by atoms with van der Waals surface area (Å²) in [6.07, 6.45) is 2.11. The molecule has 2 heterocycles. The summed E-state index contributed by atoms with van der Waals surface area (Å²) in [5.41, 5.74) is 4.15. The maximum absolute atomic E-state index is 11.9. The number of carbonyl (C=O) groups excluding carboxylic acids is 1. The zero-order valence-electron chi connectivity index (χ0n) is 10.3. The topological polar surface area (TPSA) is 34.0 Å². The van der Waals surface area contributed by atoms with Crippen molar-refractivity contribution in [1.82, 2.24) is 9.88 Å². The molecule has 3 nitrogen and oxygen atoms in total. The molecular weight excluding hydrogens is 236 g/mol. The summed E-state index contributed by atoms with van der Waals surface area (Å²) in [7, 11) is 0. The molecule has 0 fully saturated rings. The van der Waals surface area contributed by atoms with Gasteiger partial charge in [0.2, 0.25) is 0 Å². The van der Waals surface area contributed by atoms with Gasteiger partial charge in [0.1, 0.15) is 0 Å². The normalized spacial score (nSPS) is 13.6. The van der Waals surface area contributed by atoms with E-state index in [1.807, 2.05) is 30.3 Å². The number of amides is 1. The smallest absolute Gasteiger partial charge is 0.252 e. The molecule has 0 saturated heterocycles. The van der Waals surface area contributed by atoms with E-state index in [0.717, 1.165) is 22.2 Å². The Bertz CT molecular complexity index is 787. The fourth-order valence-corrected chi connectivity index (χ4v) is 2.76. The summed E-state index contributed by atoms with van der Waals surface area (Å²) in [6.45, 7) is 0.603. The molecule has 3 heteroatoms. The minimum atomic E-state index is 0.0175. The van der Waals surface area contributed by atoms with Crippen molar-refractivity contribution in [2.45, 2.75) is 6.54 Å². The second-order valence-corrected chi connectivity index (χ2v) is 4.74. The third-order valence-corrected chi connectivity index (χ3v) is 3.63. The molecule has 2 aromatic carbocycles. The molecule has 3 aromatic rings. The average Bonchev–Trinajstić information content (AvgIpc) is 2.84. The molecule has 1 aromatic heterocycles. The van der Waals surface area contributed by atoms with Gasteiger partial charge in [0.15, 0.2) is 0 Å². The van der Waals surface area contributed by atoms with Crippen molar-refractivity contribution < 1.29 is 4.79 Å². The SMILES string of the molecule is O=C1NCc2cn(-c3ccccc3)c3cccc1c23. The minimum Gasteiger partial charge on any atom is -0.348 e.